The molecule has 1 aliphatic rings. The number of cyclic esters (lactones) is 4. The van der Waals surface area contributed by atoms with E-state index in [4.69, 9.17) is 41.6 Å². The van der Waals surface area contributed by atoms with Gasteiger partial charge in [-0.25, -0.2) is 19.2 Å². The summed E-state index contributed by atoms with van der Waals surface area (Å²) in [6, 6.07) is 21.5. The highest BCUT2D eigenvalue weighted by molar-refractivity contribution is 9.10. The molecule has 6 rings (SSSR count). The summed E-state index contributed by atoms with van der Waals surface area (Å²) in [4.78, 5) is 36.0. The summed E-state index contributed by atoms with van der Waals surface area (Å²) in [5, 5.41) is 38.6. The molecule has 1 heterocycles. The van der Waals surface area contributed by atoms with Crippen LogP contribution in [0.2, 0.25) is 5.02 Å². The topological polar surface area (TPSA) is 168 Å². The van der Waals surface area contributed by atoms with E-state index in [-0.39, 0.29) is 0 Å². The van der Waals surface area contributed by atoms with Gasteiger partial charge >= 0.3 is 24.6 Å². The average Bonchev–Trinajstić information content (AvgIpc) is 2.78. The zero-order valence-corrected chi connectivity index (χ0v) is 20.1. The fourth-order valence-electron chi connectivity index (χ4n) is 3.79. The summed E-state index contributed by atoms with van der Waals surface area (Å²) in [5.41, 5.74) is 0. The van der Waals surface area contributed by atoms with Crippen molar-refractivity contribution in [2.45, 2.75) is 0 Å². The number of hydrogen-bond acceptors (Lipinski definition) is 6. The van der Waals surface area contributed by atoms with Gasteiger partial charge in [0, 0.05) is 9.86 Å². The molecule has 0 atom stereocenters. The molecule has 0 aliphatic carbocycles. The molecule has 184 valence electrons. The van der Waals surface area contributed by atoms with Gasteiger partial charge in [0.05, 0.1) is 5.02 Å². The van der Waals surface area contributed by atoms with Crippen LogP contribution in [0.1, 0.15) is 0 Å². The van der Waals surface area contributed by atoms with Crippen LogP contribution in [0.5, 0.6) is 0 Å². The van der Waals surface area contributed by atoms with E-state index in [2.05, 4.69) is 86.1 Å². The highest BCUT2D eigenvalue weighted by Crippen LogP contribution is 2.45. The lowest BCUT2D eigenvalue weighted by Gasteiger charge is -2.16. The number of fused-ring (bicyclic) bond motifs is 2. The maximum Gasteiger partial charge on any atom is 0.528 e. The first-order valence-electron chi connectivity index (χ1n) is 9.71. The van der Waals surface area contributed by atoms with Crippen molar-refractivity contribution in [3.8, 4) is 0 Å². The number of halogens is 2. The second kappa shape index (κ2) is 10.9. The number of ether oxygens (including phenoxy) is 2. The molecule has 5 aromatic carbocycles. The van der Waals surface area contributed by atoms with Gasteiger partial charge in [0.25, 0.3) is 0 Å². The van der Waals surface area contributed by atoms with E-state index in [1.807, 2.05) is 0 Å². The van der Waals surface area contributed by atoms with Crippen LogP contribution in [0, 0.1) is 0 Å². The minimum absolute atomic E-state index is 0.793. The van der Waals surface area contributed by atoms with Crippen molar-refractivity contribution in [2.75, 3.05) is 0 Å². The molecular formula is C24H14BrClO10. The lowest BCUT2D eigenvalue weighted by Crippen LogP contribution is -2.27. The van der Waals surface area contributed by atoms with Gasteiger partial charge in [-0.3, -0.25) is 0 Å². The summed E-state index contributed by atoms with van der Waals surface area (Å²) in [6.07, 6.45) is -5.50. The quantitative estimate of drug-likeness (QED) is 0.0615. The molecule has 5 aromatic rings. The maximum absolute atomic E-state index is 9.44. The first-order valence-corrected chi connectivity index (χ1v) is 10.9. The van der Waals surface area contributed by atoms with Crippen LogP contribution in [-0.2, 0) is 9.47 Å². The van der Waals surface area contributed by atoms with E-state index in [0.717, 1.165) is 14.9 Å². The zero-order valence-electron chi connectivity index (χ0n) is 17.8. The van der Waals surface area contributed by atoms with Gasteiger partial charge in [-0.15, -0.1) is 0 Å². The van der Waals surface area contributed by atoms with Crippen LogP contribution >= 0.6 is 27.5 Å². The fourth-order valence-corrected chi connectivity index (χ4v) is 4.49. The Morgan fingerprint density at radius 3 is 1.53 bits per heavy atom. The maximum atomic E-state index is 9.44. The standard InChI is InChI=1S/C20H10BrCl.C2O4.2CH2O3/c21-16-10-12-6-3-8-14-13-7-1-4-11-5-2-9-15(17(11)13)19(18(12)14)20(16)22;3-1-5-2(4)6-1;2*2-1(3)4/h1-10H;;2*(H2,2,3,4). The minimum atomic E-state index is -1.83. The molecule has 12 heteroatoms. The van der Waals surface area contributed by atoms with Crippen molar-refractivity contribution in [3.05, 3.63) is 70.2 Å². The molecule has 0 amide bonds. The first-order chi connectivity index (χ1) is 17.0. The first kappa shape index (κ1) is 26.3. The van der Waals surface area contributed by atoms with Gasteiger partial charge in [0.2, 0.25) is 0 Å². The molecule has 0 bridgehead atoms. The Morgan fingerprint density at radius 1 is 0.667 bits per heavy atom. The Labute approximate surface area is 214 Å². The lowest BCUT2D eigenvalue weighted by molar-refractivity contribution is 0.00673. The third kappa shape index (κ3) is 5.65. The summed E-state index contributed by atoms with van der Waals surface area (Å²) in [5.74, 6) is 0. The number of carboxylic acid groups (broad SMARTS) is 4. The minimum Gasteiger partial charge on any atom is -0.450 e. The second-order valence-corrected chi connectivity index (χ2v) is 8.16. The van der Waals surface area contributed by atoms with Crippen molar-refractivity contribution in [2.24, 2.45) is 0 Å². The van der Waals surface area contributed by atoms with Gasteiger partial charge in [-0.1, -0.05) is 66.2 Å². The Hall–Kier alpha value is -4.35. The van der Waals surface area contributed by atoms with E-state index in [0.29, 0.717) is 0 Å². The summed E-state index contributed by atoms with van der Waals surface area (Å²) in [6.45, 7) is 0. The Balaban J connectivity index is 0.000000213. The molecule has 1 saturated heterocycles. The van der Waals surface area contributed by atoms with Gasteiger partial charge in [-0.2, -0.15) is 0 Å². The van der Waals surface area contributed by atoms with Crippen LogP contribution in [0.4, 0.5) is 19.2 Å². The Kier molecular flexibility index (Phi) is 7.97. The highest BCUT2D eigenvalue weighted by Gasteiger charge is 2.27. The van der Waals surface area contributed by atoms with Crippen LogP contribution in [-0.4, -0.2) is 45.0 Å². The molecule has 36 heavy (non-hydrogen) atoms. The number of benzene rings is 5. The van der Waals surface area contributed by atoms with E-state index in [9.17, 15) is 9.59 Å². The second-order valence-electron chi connectivity index (χ2n) is 6.93. The van der Waals surface area contributed by atoms with Crippen LogP contribution in [0.15, 0.2) is 65.1 Å². The van der Waals surface area contributed by atoms with Gasteiger partial charge in [0.1, 0.15) is 0 Å². The largest absolute Gasteiger partial charge is 0.528 e. The molecular weight excluding hydrogens is 564 g/mol. The molecule has 0 saturated carbocycles. The van der Waals surface area contributed by atoms with Crippen LogP contribution in [0.3, 0.4) is 0 Å². The molecule has 4 N–H and O–H groups in total. The average molecular weight is 578 g/mol. The number of carbonyl (C=O) groups is 4. The monoisotopic (exact) mass is 576 g/mol. The number of rotatable bonds is 0. The van der Waals surface area contributed by atoms with E-state index < -0.39 is 24.6 Å². The molecule has 0 aromatic heterocycles. The normalized spacial score (nSPS) is 11.7. The highest BCUT2D eigenvalue weighted by atomic mass is 79.9. The van der Waals surface area contributed by atoms with E-state index in [1.54, 1.807) is 0 Å². The zero-order chi connectivity index (χ0) is 26.6. The van der Waals surface area contributed by atoms with Crippen LogP contribution in [0.25, 0.3) is 43.1 Å². The van der Waals surface area contributed by atoms with Crippen molar-refractivity contribution in [1.29, 1.82) is 0 Å². The van der Waals surface area contributed by atoms with Crippen molar-refractivity contribution in [1.82, 2.24) is 0 Å². The van der Waals surface area contributed by atoms with E-state index in [1.165, 1.54) is 37.7 Å². The third-order valence-electron chi connectivity index (χ3n) is 4.86. The van der Waals surface area contributed by atoms with E-state index >= 15 is 0 Å². The predicted octanol–water partition coefficient (Wildman–Crippen LogP) is 7.87. The summed E-state index contributed by atoms with van der Waals surface area (Å²) < 4.78 is 8.23. The number of carbonyl (C=O) groups excluding carboxylic acids is 2. The molecule has 1 fully saturated rings. The van der Waals surface area contributed by atoms with Crippen molar-refractivity contribution >= 4 is 95.2 Å². The van der Waals surface area contributed by atoms with Crippen molar-refractivity contribution in [3.63, 3.8) is 0 Å². The summed E-state index contributed by atoms with van der Waals surface area (Å²) in [7, 11) is 0. The SMILES string of the molecule is Clc1c(Br)cc2cccc3c4cccc5cccc(c1c23)c54.O=C(O)O.O=C(O)O.O=C1OC(=O)O1. The van der Waals surface area contributed by atoms with Crippen molar-refractivity contribution < 1.29 is 49.1 Å². The predicted molar refractivity (Wildman–Crippen MR) is 135 cm³/mol. The van der Waals surface area contributed by atoms with Crippen LogP contribution < -0.4 is 0 Å². The smallest absolute Gasteiger partial charge is 0.450 e. The van der Waals surface area contributed by atoms with Gasteiger partial charge < -0.3 is 29.9 Å². The molecule has 0 spiro atoms. The Bertz CT molecular complexity index is 1590. The van der Waals surface area contributed by atoms with Gasteiger partial charge in [-0.05, 0) is 59.7 Å². The fraction of sp³-hybridized carbons (Fsp3) is 0. The molecule has 0 unspecified atom stereocenters. The number of hydrogen-bond donors (Lipinski definition) is 4. The lowest BCUT2D eigenvalue weighted by atomic mass is 9.90. The molecule has 0 radical (unpaired) electrons. The molecule has 10 nitrogen and oxygen atoms in total. The Morgan fingerprint density at radius 2 is 1.08 bits per heavy atom. The summed E-state index contributed by atoms with van der Waals surface area (Å²) >= 11 is 10.3. The third-order valence-corrected chi connectivity index (χ3v) is 6.10. The van der Waals surface area contributed by atoms with Gasteiger partial charge in [0.15, 0.2) is 0 Å². The molecule has 1 aliphatic heterocycles.